The first-order valence-electron chi connectivity index (χ1n) is 6.89. The first-order valence-corrected chi connectivity index (χ1v) is 7.71. The number of aromatic nitrogens is 1. The van der Waals surface area contributed by atoms with Gasteiger partial charge in [-0.1, -0.05) is 49.4 Å². The molecule has 0 fully saturated rings. The lowest BCUT2D eigenvalue weighted by Crippen LogP contribution is -1.99. The summed E-state index contributed by atoms with van der Waals surface area (Å²) in [6.45, 7) is 6.86. The second kappa shape index (κ2) is 6.72. The number of nitrogens with zero attached hydrogens (tertiary/aromatic N) is 1. The number of thiazole rings is 1. The summed E-state index contributed by atoms with van der Waals surface area (Å²) in [7, 11) is 1.38. The lowest BCUT2D eigenvalue weighted by atomic mass is 10.0. The van der Waals surface area contributed by atoms with Crippen molar-refractivity contribution in [2.75, 3.05) is 12.4 Å². The van der Waals surface area contributed by atoms with Crippen LogP contribution in [0.3, 0.4) is 0 Å². The maximum Gasteiger partial charge on any atom is 0.350 e. The molecule has 2 rings (SSSR count). The molecular weight excluding hydrogens is 284 g/mol. The molecule has 0 saturated carbocycles. The number of benzene rings is 1. The van der Waals surface area contributed by atoms with Crippen molar-refractivity contribution in [3.8, 4) is 0 Å². The van der Waals surface area contributed by atoms with Gasteiger partial charge in [0.25, 0.3) is 0 Å². The highest BCUT2D eigenvalue weighted by atomic mass is 32.1. The van der Waals surface area contributed by atoms with E-state index in [0.717, 1.165) is 5.13 Å². The first-order chi connectivity index (χ1) is 10.0. The van der Waals surface area contributed by atoms with Gasteiger partial charge in [-0.2, -0.15) is 0 Å². The zero-order valence-corrected chi connectivity index (χ0v) is 13.6. The van der Waals surface area contributed by atoms with E-state index < -0.39 is 0 Å². The molecule has 0 atom stereocenters. The summed E-state index contributed by atoms with van der Waals surface area (Å²) in [6.07, 6.45) is 0. The fourth-order valence-electron chi connectivity index (χ4n) is 1.95. The molecule has 112 valence electrons. The van der Waals surface area contributed by atoms with Gasteiger partial charge in [-0.05, 0) is 24.0 Å². The molecule has 0 saturated heterocycles. The third-order valence-electron chi connectivity index (χ3n) is 3.26. The second-order valence-corrected chi connectivity index (χ2v) is 6.17. The quantitative estimate of drug-likeness (QED) is 0.849. The molecule has 5 heteroatoms. The van der Waals surface area contributed by atoms with Crippen molar-refractivity contribution in [1.29, 1.82) is 0 Å². The number of esters is 1. The predicted octanol–water partition coefficient (Wildman–Crippen LogP) is 3.97. The Morgan fingerprint density at radius 1 is 1.33 bits per heavy atom. The van der Waals surface area contributed by atoms with Crippen molar-refractivity contribution in [2.24, 2.45) is 0 Å². The van der Waals surface area contributed by atoms with E-state index in [0.29, 0.717) is 23.0 Å². The first kappa shape index (κ1) is 15.5. The molecule has 0 unspecified atom stereocenters. The van der Waals surface area contributed by atoms with Gasteiger partial charge >= 0.3 is 5.97 Å². The molecule has 0 radical (unpaired) electrons. The summed E-state index contributed by atoms with van der Waals surface area (Å²) < 4.78 is 4.73. The van der Waals surface area contributed by atoms with E-state index in [2.05, 4.69) is 48.4 Å². The van der Waals surface area contributed by atoms with Crippen molar-refractivity contribution in [3.05, 3.63) is 46.0 Å². The number of aryl methyl sites for hydroxylation is 1. The van der Waals surface area contributed by atoms with E-state index >= 15 is 0 Å². The SMILES string of the molecule is COC(=O)c1sc(NCc2ccc(C(C)C)cc2)nc1C. The molecule has 1 heterocycles. The van der Waals surface area contributed by atoms with Crippen LogP contribution in [0.1, 0.15) is 46.3 Å². The lowest BCUT2D eigenvalue weighted by Gasteiger charge is -2.07. The minimum Gasteiger partial charge on any atom is -0.465 e. The normalized spacial score (nSPS) is 10.7. The molecule has 1 N–H and O–H groups in total. The summed E-state index contributed by atoms with van der Waals surface area (Å²) in [6, 6.07) is 8.53. The van der Waals surface area contributed by atoms with Crippen molar-refractivity contribution < 1.29 is 9.53 Å². The zero-order valence-electron chi connectivity index (χ0n) is 12.8. The fourth-order valence-corrected chi connectivity index (χ4v) is 2.83. The van der Waals surface area contributed by atoms with Crippen LogP contribution in [0.15, 0.2) is 24.3 Å². The molecule has 2 aromatic rings. The van der Waals surface area contributed by atoms with Crippen molar-refractivity contribution in [1.82, 2.24) is 4.98 Å². The van der Waals surface area contributed by atoms with Crippen LogP contribution >= 0.6 is 11.3 Å². The Labute approximate surface area is 129 Å². The average Bonchev–Trinajstić information content (AvgIpc) is 2.86. The standard InChI is InChI=1S/C16H20N2O2S/c1-10(2)13-7-5-12(6-8-13)9-17-16-18-11(3)14(21-16)15(19)20-4/h5-8,10H,9H2,1-4H3,(H,17,18). The molecular formula is C16H20N2O2S. The molecule has 21 heavy (non-hydrogen) atoms. The summed E-state index contributed by atoms with van der Waals surface area (Å²) in [5.74, 6) is 0.204. The van der Waals surface area contributed by atoms with E-state index in [-0.39, 0.29) is 5.97 Å². The number of nitrogens with one attached hydrogen (secondary N) is 1. The van der Waals surface area contributed by atoms with Gasteiger partial charge in [0.1, 0.15) is 4.88 Å². The number of ether oxygens (including phenoxy) is 1. The minimum atomic E-state index is -0.334. The van der Waals surface area contributed by atoms with Gasteiger partial charge in [0, 0.05) is 6.54 Å². The van der Waals surface area contributed by atoms with E-state index in [1.165, 1.54) is 29.6 Å². The number of methoxy groups -OCH3 is 1. The Morgan fingerprint density at radius 2 is 2.00 bits per heavy atom. The van der Waals surface area contributed by atoms with Crippen molar-refractivity contribution in [3.63, 3.8) is 0 Å². The van der Waals surface area contributed by atoms with Gasteiger partial charge in [-0.3, -0.25) is 0 Å². The van der Waals surface area contributed by atoms with Gasteiger partial charge in [0.2, 0.25) is 0 Å². The maximum absolute atomic E-state index is 11.5. The largest absolute Gasteiger partial charge is 0.465 e. The van der Waals surface area contributed by atoms with Crippen LogP contribution in [0.2, 0.25) is 0 Å². The molecule has 0 bridgehead atoms. The summed E-state index contributed by atoms with van der Waals surface area (Å²) in [4.78, 5) is 16.4. The molecule has 4 nitrogen and oxygen atoms in total. The Kier molecular flexibility index (Phi) is 4.96. The third-order valence-corrected chi connectivity index (χ3v) is 4.35. The van der Waals surface area contributed by atoms with Gasteiger partial charge in [-0.25, -0.2) is 9.78 Å². The van der Waals surface area contributed by atoms with E-state index in [1.54, 1.807) is 0 Å². The average molecular weight is 304 g/mol. The monoisotopic (exact) mass is 304 g/mol. The highest BCUT2D eigenvalue weighted by molar-refractivity contribution is 7.17. The Balaban J connectivity index is 2.01. The summed E-state index contributed by atoms with van der Waals surface area (Å²) in [5, 5.41) is 3.99. The number of rotatable bonds is 5. The van der Waals surface area contributed by atoms with Gasteiger partial charge in [0.05, 0.1) is 12.8 Å². The second-order valence-electron chi connectivity index (χ2n) is 5.17. The fraction of sp³-hybridized carbons (Fsp3) is 0.375. The topological polar surface area (TPSA) is 51.2 Å². The van der Waals surface area contributed by atoms with E-state index in [4.69, 9.17) is 4.74 Å². The highest BCUT2D eigenvalue weighted by Gasteiger charge is 2.15. The van der Waals surface area contributed by atoms with E-state index in [9.17, 15) is 4.79 Å². The number of carbonyl (C=O) groups excluding carboxylic acids is 1. The third kappa shape index (κ3) is 3.82. The minimum absolute atomic E-state index is 0.334. The number of carbonyl (C=O) groups is 1. The van der Waals surface area contributed by atoms with Crippen molar-refractivity contribution in [2.45, 2.75) is 33.2 Å². The van der Waals surface area contributed by atoms with Crippen LogP contribution in [0.5, 0.6) is 0 Å². The zero-order chi connectivity index (χ0) is 15.4. The Morgan fingerprint density at radius 3 is 2.57 bits per heavy atom. The highest BCUT2D eigenvalue weighted by Crippen LogP contribution is 2.24. The van der Waals surface area contributed by atoms with Crippen LogP contribution in [0.25, 0.3) is 0 Å². The summed E-state index contributed by atoms with van der Waals surface area (Å²) in [5.41, 5.74) is 3.22. The van der Waals surface area contributed by atoms with E-state index in [1.807, 2.05) is 6.92 Å². The number of hydrogen-bond acceptors (Lipinski definition) is 5. The molecule has 0 spiro atoms. The van der Waals surface area contributed by atoms with Crippen LogP contribution in [0, 0.1) is 6.92 Å². The van der Waals surface area contributed by atoms with Crippen LogP contribution in [0.4, 0.5) is 5.13 Å². The smallest absolute Gasteiger partial charge is 0.350 e. The molecule has 0 aliphatic heterocycles. The van der Waals surface area contributed by atoms with Crippen LogP contribution in [-0.2, 0) is 11.3 Å². The van der Waals surface area contributed by atoms with Gasteiger partial charge in [-0.15, -0.1) is 0 Å². The summed E-state index contributed by atoms with van der Waals surface area (Å²) >= 11 is 1.32. The number of anilines is 1. The van der Waals surface area contributed by atoms with Crippen LogP contribution in [-0.4, -0.2) is 18.1 Å². The van der Waals surface area contributed by atoms with Gasteiger partial charge < -0.3 is 10.1 Å². The maximum atomic E-state index is 11.5. The lowest BCUT2D eigenvalue weighted by molar-refractivity contribution is 0.0605. The molecule has 1 aromatic heterocycles. The Bertz CT molecular complexity index is 618. The predicted molar refractivity (Wildman–Crippen MR) is 86.0 cm³/mol. The van der Waals surface area contributed by atoms with Crippen LogP contribution < -0.4 is 5.32 Å². The molecule has 1 aromatic carbocycles. The van der Waals surface area contributed by atoms with Gasteiger partial charge in [0.15, 0.2) is 5.13 Å². The molecule has 0 aliphatic rings. The van der Waals surface area contributed by atoms with Crippen molar-refractivity contribution >= 4 is 22.4 Å². The molecule has 0 amide bonds. The number of hydrogen-bond donors (Lipinski definition) is 1. The molecule has 0 aliphatic carbocycles. The Hall–Kier alpha value is -1.88.